The Morgan fingerprint density at radius 2 is 1.79 bits per heavy atom. The fourth-order valence-corrected chi connectivity index (χ4v) is 3.54. The van der Waals surface area contributed by atoms with Crippen LogP contribution in [0.3, 0.4) is 0 Å². The van der Waals surface area contributed by atoms with E-state index in [0.717, 1.165) is 31.5 Å². The summed E-state index contributed by atoms with van der Waals surface area (Å²) in [6.07, 6.45) is 2.00. The maximum absolute atomic E-state index is 13.0. The summed E-state index contributed by atoms with van der Waals surface area (Å²) in [4.78, 5) is 14.9. The van der Waals surface area contributed by atoms with Crippen LogP contribution >= 0.6 is 0 Å². The number of hydrogen-bond acceptors (Lipinski definition) is 5. The molecule has 5 nitrogen and oxygen atoms in total. The molecule has 1 aromatic heterocycles. The van der Waals surface area contributed by atoms with Crippen LogP contribution in [-0.4, -0.2) is 23.3 Å². The summed E-state index contributed by atoms with van der Waals surface area (Å²) in [5.41, 5.74) is 2.20. The minimum atomic E-state index is -0.268. The summed E-state index contributed by atoms with van der Waals surface area (Å²) < 4.78 is 5.85. The van der Waals surface area contributed by atoms with Crippen LogP contribution in [0.4, 0.5) is 5.69 Å². The Bertz CT molecular complexity index is 1030. The van der Waals surface area contributed by atoms with E-state index in [-0.39, 0.29) is 27.9 Å². The molecule has 2 aromatic carbocycles. The zero-order valence-corrected chi connectivity index (χ0v) is 13.7. The fraction of sp³-hybridized carbons (Fsp3) is 0.316. The molecule has 124 valence electrons. The molecule has 24 heavy (non-hydrogen) atoms. The van der Waals surface area contributed by atoms with Crippen LogP contribution in [0.2, 0.25) is 0 Å². The normalized spacial score (nSPS) is 14.8. The first-order chi connectivity index (χ1) is 11.5. The third kappa shape index (κ3) is 1.97. The Kier molecular flexibility index (Phi) is 3.20. The lowest BCUT2D eigenvalue weighted by molar-refractivity contribution is 0.449. The van der Waals surface area contributed by atoms with Gasteiger partial charge in [-0.05, 0) is 38.8 Å². The number of anilines is 1. The molecule has 1 saturated heterocycles. The van der Waals surface area contributed by atoms with Gasteiger partial charge >= 0.3 is 0 Å². The van der Waals surface area contributed by atoms with Gasteiger partial charge in [-0.2, -0.15) is 0 Å². The summed E-state index contributed by atoms with van der Waals surface area (Å²) in [6, 6.07) is 5.37. The molecule has 0 saturated carbocycles. The van der Waals surface area contributed by atoms with E-state index in [1.54, 1.807) is 19.1 Å². The molecular formula is C19H19NO4. The van der Waals surface area contributed by atoms with Gasteiger partial charge in [-0.1, -0.05) is 11.6 Å². The molecule has 0 amide bonds. The Morgan fingerprint density at radius 1 is 1.08 bits per heavy atom. The molecule has 0 radical (unpaired) electrons. The summed E-state index contributed by atoms with van der Waals surface area (Å²) in [7, 11) is 0. The number of benzene rings is 2. The molecule has 5 heteroatoms. The number of fused-ring (bicyclic) bond motifs is 2. The maximum Gasteiger partial charge on any atom is 0.204 e. The molecule has 3 aromatic rings. The van der Waals surface area contributed by atoms with Crippen LogP contribution < -0.4 is 10.3 Å². The van der Waals surface area contributed by atoms with E-state index in [9.17, 15) is 15.0 Å². The van der Waals surface area contributed by atoms with Crippen molar-refractivity contribution in [2.45, 2.75) is 26.7 Å². The van der Waals surface area contributed by atoms with Crippen LogP contribution in [0.5, 0.6) is 11.5 Å². The van der Waals surface area contributed by atoms with Crippen LogP contribution in [-0.2, 0) is 0 Å². The van der Waals surface area contributed by atoms with Gasteiger partial charge in [-0.15, -0.1) is 0 Å². The van der Waals surface area contributed by atoms with Gasteiger partial charge in [0.25, 0.3) is 0 Å². The fourth-order valence-electron chi connectivity index (χ4n) is 3.54. The average Bonchev–Trinajstić information content (AvgIpc) is 3.07. The second kappa shape index (κ2) is 5.16. The van der Waals surface area contributed by atoms with E-state index in [0.29, 0.717) is 22.2 Å². The van der Waals surface area contributed by atoms with Gasteiger partial charge in [0.2, 0.25) is 5.43 Å². The van der Waals surface area contributed by atoms with E-state index in [2.05, 4.69) is 0 Å². The van der Waals surface area contributed by atoms with E-state index in [1.165, 1.54) is 0 Å². The van der Waals surface area contributed by atoms with Gasteiger partial charge in [0.05, 0.1) is 5.39 Å². The molecule has 1 aliphatic heterocycles. The molecule has 0 unspecified atom stereocenters. The van der Waals surface area contributed by atoms with Crippen molar-refractivity contribution in [3.63, 3.8) is 0 Å². The van der Waals surface area contributed by atoms with Crippen LogP contribution in [0, 0.1) is 13.8 Å². The molecule has 1 aliphatic rings. The van der Waals surface area contributed by atoms with Crippen molar-refractivity contribution in [3.05, 3.63) is 39.5 Å². The predicted octanol–water partition coefficient (Wildman–Crippen LogP) is 3.57. The zero-order valence-electron chi connectivity index (χ0n) is 13.7. The lowest BCUT2D eigenvalue weighted by Crippen LogP contribution is -2.19. The van der Waals surface area contributed by atoms with E-state index in [4.69, 9.17) is 4.42 Å². The Hall–Kier alpha value is -2.69. The number of phenolic OH excluding ortho intramolecular Hbond substituents is 2. The van der Waals surface area contributed by atoms with Crippen LogP contribution in [0.1, 0.15) is 24.0 Å². The highest BCUT2D eigenvalue weighted by Crippen LogP contribution is 2.46. The van der Waals surface area contributed by atoms with Crippen molar-refractivity contribution in [3.8, 4) is 11.5 Å². The number of nitrogens with zero attached hydrogens (tertiary/aromatic N) is 1. The Labute approximate surface area is 138 Å². The van der Waals surface area contributed by atoms with Gasteiger partial charge in [-0.25, -0.2) is 0 Å². The van der Waals surface area contributed by atoms with Crippen molar-refractivity contribution < 1.29 is 14.6 Å². The van der Waals surface area contributed by atoms with Gasteiger partial charge in [0, 0.05) is 18.7 Å². The number of aryl methyl sites for hydroxylation is 2. The third-order valence-electron chi connectivity index (χ3n) is 4.85. The van der Waals surface area contributed by atoms with Crippen molar-refractivity contribution in [2.24, 2.45) is 0 Å². The molecule has 0 atom stereocenters. The topological polar surface area (TPSA) is 73.9 Å². The summed E-state index contributed by atoms with van der Waals surface area (Å²) in [5.74, 6) is -0.205. The van der Waals surface area contributed by atoms with Crippen molar-refractivity contribution in [2.75, 3.05) is 18.0 Å². The lowest BCUT2D eigenvalue weighted by Gasteiger charge is -2.22. The average molecular weight is 325 g/mol. The van der Waals surface area contributed by atoms with Gasteiger partial charge < -0.3 is 19.5 Å². The monoisotopic (exact) mass is 325 g/mol. The number of rotatable bonds is 1. The molecule has 2 N–H and O–H groups in total. The molecule has 2 heterocycles. The smallest absolute Gasteiger partial charge is 0.204 e. The minimum absolute atomic E-state index is 0.0171. The zero-order chi connectivity index (χ0) is 17.0. The van der Waals surface area contributed by atoms with Gasteiger partial charge in [0.15, 0.2) is 5.75 Å². The largest absolute Gasteiger partial charge is 0.505 e. The van der Waals surface area contributed by atoms with Crippen LogP contribution in [0.15, 0.2) is 27.4 Å². The third-order valence-corrected chi connectivity index (χ3v) is 4.85. The second-order valence-electron chi connectivity index (χ2n) is 6.50. The molecular weight excluding hydrogens is 306 g/mol. The number of aromatic hydroxyl groups is 2. The van der Waals surface area contributed by atoms with Gasteiger partial charge in [0.1, 0.15) is 28.0 Å². The van der Waals surface area contributed by atoms with Crippen LogP contribution in [0.25, 0.3) is 21.9 Å². The van der Waals surface area contributed by atoms with Crippen molar-refractivity contribution in [1.82, 2.24) is 0 Å². The predicted molar refractivity (Wildman–Crippen MR) is 94.2 cm³/mol. The molecule has 1 fully saturated rings. The highest BCUT2D eigenvalue weighted by molar-refractivity contribution is 6.00. The summed E-state index contributed by atoms with van der Waals surface area (Å²) in [5, 5.41) is 21.9. The second-order valence-corrected chi connectivity index (χ2v) is 6.50. The minimum Gasteiger partial charge on any atom is -0.505 e. The SMILES string of the molecule is Cc1ccc2oc3c(C)c(O)c(N4CCCC4)c(O)c3c(=O)c2c1. The lowest BCUT2D eigenvalue weighted by atomic mass is 10.0. The Balaban J connectivity index is 2.16. The summed E-state index contributed by atoms with van der Waals surface area (Å²) >= 11 is 0. The first kappa shape index (κ1) is 14.9. The quantitative estimate of drug-likeness (QED) is 0.669. The highest BCUT2D eigenvalue weighted by atomic mass is 16.3. The molecule has 4 rings (SSSR count). The molecule has 0 aliphatic carbocycles. The standard InChI is InChI=1S/C19H19NO4/c1-10-5-6-13-12(9-10)17(22)14-18(23)15(20-7-3-4-8-20)16(21)11(2)19(14)24-13/h5-6,9,21,23H,3-4,7-8H2,1-2H3. The molecule has 0 spiro atoms. The molecule has 0 bridgehead atoms. The van der Waals surface area contributed by atoms with Gasteiger partial charge in [-0.3, -0.25) is 4.79 Å². The number of phenols is 2. The number of hydrogen-bond donors (Lipinski definition) is 2. The van der Waals surface area contributed by atoms with Crippen molar-refractivity contribution >= 4 is 27.6 Å². The highest BCUT2D eigenvalue weighted by Gasteiger charge is 2.26. The van der Waals surface area contributed by atoms with Crippen molar-refractivity contribution in [1.29, 1.82) is 0 Å². The van der Waals surface area contributed by atoms with E-state index < -0.39 is 0 Å². The van der Waals surface area contributed by atoms with E-state index >= 15 is 0 Å². The van der Waals surface area contributed by atoms with E-state index in [1.807, 2.05) is 17.9 Å². The first-order valence-corrected chi connectivity index (χ1v) is 8.15. The first-order valence-electron chi connectivity index (χ1n) is 8.15. The maximum atomic E-state index is 13.0. The summed E-state index contributed by atoms with van der Waals surface area (Å²) in [6.45, 7) is 5.12. The Morgan fingerprint density at radius 3 is 2.50 bits per heavy atom.